The van der Waals surface area contributed by atoms with Gasteiger partial charge in [0, 0.05) is 22.4 Å². The highest BCUT2D eigenvalue weighted by Gasteiger charge is 2.23. The van der Waals surface area contributed by atoms with Crippen LogP contribution in [0.25, 0.3) is 0 Å². The maximum atomic E-state index is 12.5. The zero-order chi connectivity index (χ0) is 12.5. The quantitative estimate of drug-likeness (QED) is 0.844. The summed E-state index contributed by atoms with van der Waals surface area (Å²) in [7, 11) is 1.93. The Hall–Kier alpha value is -1.15. The van der Waals surface area contributed by atoms with Gasteiger partial charge in [0.2, 0.25) is 5.88 Å². The summed E-state index contributed by atoms with van der Waals surface area (Å²) < 4.78 is 51.4. The smallest absolute Gasteiger partial charge is 0.278 e. The first-order valence-electron chi connectivity index (χ1n) is 3.84. The number of pyridine rings is 1. The molecule has 0 amide bonds. The number of rotatable bonds is 3. The third-order valence-electron chi connectivity index (χ3n) is 1.69. The fraction of sp³-hybridized carbons (Fsp3) is 0.286. The Bertz CT molecular complexity index is 507. The number of hydrogen-bond acceptors (Lipinski definition) is 5. The zero-order valence-electron chi connectivity index (χ0n) is 7.95. The van der Waals surface area contributed by atoms with E-state index in [1.165, 1.54) is 0 Å². The van der Waals surface area contributed by atoms with Crippen molar-refractivity contribution in [2.75, 3.05) is 12.8 Å². The van der Waals surface area contributed by atoms with Crippen molar-refractivity contribution in [3.8, 4) is 5.88 Å². The molecule has 0 aliphatic carbocycles. The van der Waals surface area contributed by atoms with Crippen molar-refractivity contribution >= 4 is 25.4 Å². The number of halogens is 3. The molecule has 0 unspecified atom stereocenters. The van der Waals surface area contributed by atoms with Crippen LogP contribution in [0.3, 0.4) is 0 Å². The summed E-state index contributed by atoms with van der Waals surface area (Å²) in [5.41, 5.74) is 4.17. The molecule has 0 aliphatic heterocycles. The number of hydrogen-bond donors (Lipinski definition) is 1. The fourth-order valence-corrected chi connectivity index (χ4v) is 1.72. The maximum Gasteiger partial charge on any atom is 0.278 e. The van der Waals surface area contributed by atoms with Crippen LogP contribution < -0.4 is 10.5 Å². The largest absolute Gasteiger partial charge is 0.481 e. The van der Waals surface area contributed by atoms with Gasteiger partial charge in [-0.3, -0.25) is 0 Å². The second kappa shape index (κ2) is 4.38. The van der Waals surface area contributed by atoms with Gasteiger partial charge in [0.1, 0.15) is 5.56 Å². The first-order valence-corrected chi connectivity index (χ1v) is 6.15. The summed E-state index contributed by atoms with van der Waals surface area (Å²) in [6.07, 6.45) is -2.92. The molecule has 0 aromatic carbocycles. The molecule has 2 N–H and O–H groups in total. The van der Waals surface area contributed by atoms with Crippen LogP contribution in [-0.2, 0) is 9.05 Å². The van der Waals surface area contributed by atoms with Gasteiger partial charge in [0.05, 0.1) is 7.11 Å². The van der Waals surface area contributed by atoms with Crippen molar-refractivity contribution in [1.82, 2.24) is 4.98 Å². The Morgan fingerprint density at radius 3 is 2.50 bits per heavy atom. The highest BCUT2D eigenvalue weighted by Crippen LogP contribution is 2.34. The van der Waals surface area contributed by atoms with Gasteiger partial charge in [0.25, 0.3) is 15.5 Å². The normalized spacial score (nSPS) is 11.8. The van der Waals surface area contributed by atoms with E-state index in [0.717, 1.165) is 13.2 Å². The molecule has 0 saturated carbocycles. The van der Waals surface area contributed by atoms with Gasteiger partial charge in [-0.1, -0.05) is 0 Å². The van der Waals surface area contributed by atoms with Gasteiger partial charge in [-0.25, -0.2) is 17.2 Å². The first kappa shape index (κ1) is 12.9. The molecule has 0 saturated heterocycles. The molecule has 1 heterocycles. The molecule has 1 rings (SSSR count). The van der Waals surface area contributed by atoms with Gasteiger partial charge >= 0.3 is 0 Å². The number of methoxy groups -OCH3 is 1. The number of nitrogens with zero attached hydrogens (tertiary/aromatic N) is 1. The molecule has 1 aromatic heterocycles. The Kier molecular flexibility index (Phi) is 3.54. The predicted octanol–water partition coefficient (Wildman–Crippen LogP) is 1.54. The predicted molar refractivity (Wildman–Crippen MR) is 53.2 cm³/mol. The molecule has 0 aliphatic rings. The van der Waals surface area contributed by atoms with Crippen LogP contribution in [-0.4, -0.2) is 20.5 Å². The molecule has 0 radical (unpaired) electrons. The second-order valence-corrected chi connectivity index (χ2v) is 5.22. The Morgan fingerprint density at radius 1 is 1.56 bits per heavy atom. The van der Waals surface area contributed by atoms with Crippen molar-refractivity contribution in [2.45, 2.75) is 11.5 Å². The molecule has 16 heavy (non-hydrogen) atoms. The van der Waals surface area contributed by atoms with E-state index in [-0.39, 0.29) is 0 Å². The van der Waals surface area contributed by atoms with E-state index < -0.39 is 37.6 Å². The highest BCUT2D eigenvalue weighted by atomic mass is 35.7. The zero-order valence-corrected chi connectivity index (χ0v) is 9.52. The van der Waals surface area contributed by atoms with Gasteiger partial charge in [-0.2, -0.15) is 4.98 Å². The van der Waals surface area contributed by atoms with E-state index in [2.05, 4.69) is 9.72 Å². The van der Waals surface area contributed by atoms with Crippen molar-refractivity contribution in [2.24, 2.45) is 0 Å². The SMILES string of the molecule is COc1nc(S(=O)(=O)Cl)cc(N)c1C(F)F. The second-order valence-electron chi connectivity index (χ2n) is 2.71. The summed E-state index contributed by atoms with van der Waals surface area (Å²) in [6, 6.07) is 0.756. The van der Waals surface area contributed by atoms with Crippen molar-refractivity contribution in [1.29, 1.82) is 0 Å². The molecular weight excluding hydrogens is 266 g/mol. The summed E-state index contributed by atoms with van der Waals surface area (Å²) >= 11 is 0. The lowest BCUT2D eigenvalue weighted by Gasteiger charge is -2.10. The molecule has 0 spiro atoms. The lowest BCUT2D eigenvalue weighted by molar-refractivity contribution is 0.146. The van der Waals surface area contributed by atoms with Crippen LogP contribution in [0.2, 0.25) is 0 Å². The van der Waals surface area contributed by atoms with Crippen molar-refractivity contribution in [3.05, 3.63) is 11.6 Å². The van der Waals surface area contributed by atoms with Gasteiger partial charge < -0.3 is 10.5 Å². The third-order valence-corrected chi connectivity index (χ3v) is 2.88. The van der Waals surface area contributed by atoms with Gasteiger partial charge in [-0.15, -0.1) is 0 Å². The first-order chi connectivity index (χ1) is 7.27. The molecule has 0 fully saturated rings. The molecule has 1 aromatic rings. The number of anilines is 1. The minimum Gasteiger partial charge on any atom is -0.481 e. The highest BCUT2D eigenvalue weighted by molar-refractivity contribution is 8.13. The average molecular weight is 273 g/mol. The van der Waals surface area contributed by atoms with Crippen LogP contribution in [0, 0.1) is 0 Å². The van der Waals surface area contributed by atoms with E-state index in [0.29, 0.717) is 0 Å². The van der Waals surface area contributed by atoms with Crippen LogP contribution in [0.1, 0.15) is 12.0 Å². The number of nitrogens with two attached hydrogens (primary N) is 1. The minimum absolute atomic E-state index is 0.443. The lowest BCUT2D eigenvalue weighted by atomic mass is 10.2. The Labute approximate surface area is 94.6 Å². The van der Waals surface area contributed by atoms with E-state index in [1.54, 1.807) is 0 Å². The number of ether oxygens (including phenoxy) is 1. The standard InChI is InChI=1S/C7H7ClF2N2O3S/c1-15-7-5(6(9)10)3(11)2-4(12-7)16(8,13)14/h2,6H,1H3,(H2,11,12). The van der Waals surface area contributed by atoms with E-state index in [9.17, 15) is 17.2 Å². The molecule has 90 valence electrons. The van der Waals surface area contributed by atoms with E-state index in [4.69, 9.17) is 16.4 Å². The van der Waals surface area contributed by atoms with Crippen LogP contribution in [0.15, 0.2) is 11.1 Å². The minimum atomic E-state index is -4.14. The van der Waals surface area contributed by atoms with Crippen LogP contribution in [0.5, 0.6) is 5.88 Å². The van der Waals surface area contributed by atoms with Gasteiger partial charge in [-0.05, 0) is 0 Å². The van der Waals surface area contributed by atoms with Gasteiger partial charge in [0.15, 0.2) is 5.03 Å². The lowest BCUT2D eigenvalue weighted by Crippen LogP contribution is -2.05. The van der Waals surface area contributed by atoms with Crippen LogP contribution >= 0.6 is 10.7 Å². The number of alkyl halides is 2. The summed E-state index contributed by atoms with van der Waals surface area (Å²) in [6.45, 7) is 0. The Balaban J connectivity index is 3.50. The third kappa shape index (κ3) is 2.50. The average Bonchev–Trinajstić information content (AvgIpc) is 2.14. The van der Waals surface area contributed by atoms with E-state index >= 15 is 0 Å². The van der Waals surface area contributed by atoms with Crippen molar-refractivity contribution < 1.29 is 21.9 Å². The summed E-state index contributed by atoms with van der Waals surface area (Å²) in [5.74, 6) is -0.561. The molecule has 9 heteroatoms. The molecule has 0 atom stereocenters. The van der Waals surface area contributed by atoms with Crippen LogP contribution in [0.4, 0.5) is 14.5 Å². The topological polar surface area (TPSA) is 82.3 Å². The summed E-state index contributed by atoms with van der Waals surface area (Å²) in [5, 5.41) is -0.632. The summed E-state index contributed by atoms with van der Waals surface area (Å²) in [4.78, 5) is 3.34. The Morgan fingerprint density at radius 2 is 2.12 bits per heavy atom. The van der Waals surface area contributed by atoms with Crippen molar-refractivity contribution in [3.63, 3.8) is 0 Å². The molecule has 5 nitrogen and oxygen atoms in total. The van der Waals surface area contributed by atoms with E-state index in [1.807, 2.05) is 0 Å². The maximum absolute atomic E-state index is 12.5. The monoisotopic (exact) mass is 272 g/mol. The molecular formula is C7H7ClF2N2O3S. The number of aromatic nitrogens is 1. The number of nitrogen functional groups attached to an aromatic ring is 1. The molecule has 0 bridgehead atoms. The fourth-order valence-electron chi connectivity index (χ4n) is 1.03.